The van der Waals surface area contributed by atoms with Crippen LogP contribution in [0.4, 0.5) is 11.4 Å². The van der Waals surface area contributed by atoms with Crippen molar-refractivity contribution in [3.63, 3.8) is 0 Å². The van der Waals surface area contributed by atoms with E-state index in [9.17, 15) is 34.9 Å². The number of nitro benzene ring substituents is 2. The second kappa shape index (κ2) is 11.5. The number of aliphatic hydroxyl groups excluding tert-OH is 1. The van der Waals surface area contributed by atoms with Crippen LogP contribution < -0.4 is 0 Å². The van der Waals surface area contributed by atoms with E-state index >= 15 is 0 Å². The average Bonchev–Trinajstić information content (AvgIpc) is 2.76. The molecule has 0 aromatic heterocycles. The van der Waals surface area contributed by atoms with Gasteiger partial charge in [-0.3, -0.25) is 29.8 Å². The van der Waals surface area contributed by atoms with Crippen LogP contribution in [0.15, 0.2) is 29.8 Å². The first-order valence-electron chi connectivity index (χ1n) is 11.0. The standard InChI is InChI=1S/C23H30N2O10/c1-13(2)8-9-33-19-11-16(21(27)18(35-19)12-34-22(28)23(3,4)5)20(26)15-7-6-14(24(29)30)10-17(15)25(31)32/h6-7,10-11,13,18-20,26H,8-9,12H2,1-5H3/t18-,19+,20-/m1/s1. The second-order valence-electron chi connectivity index (χ2n) is 9.54. The van der Waals surface area contributed by atoms with Gasteiger partial charge >= 0.3 is 5.97 Å². The molecule has 0 amide bonds. The summed E-state index contributed by atoms with van der Waals surface area (Å²) in [5.74, 6) is -1.01. The number of Topliss-reactive ketones (excluding diaryl/α,β-unsaturated/α-hetero) is 1. The van der Waals surface area contributed by atoms with E-state index in [0.29, 0.717) is 18.4 Å². The summed E-state index contributed by atoms with van der Waals surface area (Å²) in [5, 5.41) is 33.5. The molecule has 1 heterocycles. The van der Waals surface area contributed by atoms with Crippen LogP contribution in [-0.4, -0.2) is 52.3 Å². The molecular formula is C23H30N2O10. The molecule has 1 aromatic rings. The van der Waals surface area contributed by atoms with Gasteiger partial charge in [0.15, 0.2) is 18.2 Å². The van der Waals surface area contributed by atoms with Gasteiger partial charge in [-0.25, -0.2) is 0 Å². The number of aliphatic hydroxyl groups is 1. The number of nitro groups is 2. The molecule has 2 rings (SSSR count). The molecule has 0 unspecified atom stereocenters. The summed E-state index contributed by atoms with van der Waals surface area (Å²) in [6.45, 7) is 8.71. The van der Waals surface area contributed by atoms with Gasteiger partial charge in [-0.15, -0.1) is 0 Å². The van der Waals surface area contributed by atoms with Crippen molar-refractivity contribution in [1.29, 1.82) is 0 Å². The van der Waals surface area contributed by atoms with Crippen LogP contribution in [0, 0.1) is 31.6 Å². The summed E-state index contributed by atoms with van der Waals surface area (Å²) in [7, 11) is 0. The first kappa shape index (κ1) is 28.0. The van der Waals surface area contributed by atoms with Crippen molar-refractivity contribution in [2.75, 3.05) is 13.2 Å². The summed E-state index contributed by atoms with van der Waals surface area (Å²) in [6, 6.07) is 2.73. The highest BCUT2D eigenvalue weighted by atomic mass is 16.7. The van der Waals surface area contributed by atoms with Crippen molar-refractivity contribution in [1.82, 2.24) is 0 Å². The number of carbonyl (C=O) groups is 2. The van der Waals surface area contributed by atoms with Gasteiger partial charge in [0, 0.05) is 11.6 Å². The fraction of sp³-hybridized carbons (Fsp3) is 0.565. The SMILES string of the molecule is CC(C)CCO[C@@H]1C=C([C@H](O)c2ccc([N+](=O)[O-])cc2[N+](=O)[O-])C(=O)[C@@H](COC(=O)C(C)(C)C)O1. The van der Waals surface area contributed by atoms with E-state index in [1.165, 1.54) is 6.08 Å². The normalized spacial score (nSPS) is 19.3. The Hall–Kier alpha value is -3.22. The van der Waals surface area contributed by atoms with Crippen LogP contribution in [0.5, 0.6) is 0 Å². The van der Waals surface area contributed by atoms with Crippen molar-refractivity contribution in [2.45, 2.75) is 59.5 Å². The Labute approximate surface area is 202 Å². The Balaban J connectivity index is 2.39. The smallest absolute Gasteiger partial charge is 0.311 e. The number of ketones is 1. The lowest BCUT2D eigenvalue weighted by Crippen LogP contribution is -2.42. The van der Waals surface area contributed by atoms with E-state index in [4.69, 9.17) is 14.2 Å². The zero-order valence-corrected chi connectivity index (χ0v) is 20.3. The molecule has 0 fully saturated rings. The molecule has 0 bridgehead atoms. The third-order valence-electron chi connectivity index (χ3n) is 5.16. The van der Waals surface area contributed by atoms with Gasteiger partial charge in [-0.2, -0.15) is 0 Å². The summed E-state index contributed by atoms with van der Waals surface area (Å²) >= 11 is 0. The van der Waals surface area contributed by atoms with Crippen LogP contribution >= 0.6 is 0 Å². The third-order valence-corrected chi connectivity index (χ3v) is 5.16. The molecule has 1 aliphatic heterocycles. The number of nitrogens with zero attached hydrogens (tertiary/aromatic N) is 2. The van der Waals surface area contributed by atoms with Gasteiger partial charge < -0.3 is 19.3 Å². The van der Waals surface area contributed by atoms with E-state index in [2.05, 4.69) is 0 Å². The maximum atomic E-state index is 13.1. The highest BCUT2D eigenvalue weighted by molar-refractivity contribution is 6.01. The minimum atomic E-state index is -1.80. The van der Waals surface area contributed by atoms with Crippen LogP contribution in [0.1, 0.15) is 52.7 Å². The molecule has 0 aliphatic carbocycles. The van der Waals surface area contributed by atoms with Crippen LogP contribution in [0.2, 0.25) is 0 Å². The number of ether oxygens (including phenoxy) is 3. The molecule has 12 heteroatoms. The zero-order chi connectivity index (χ0) is 26.5. The lowest BCUT2D eigenvalue weighted by Gasteiger charge is -2.30. The topological polar surface area (TPSA) is 168 Å². The Bertz CT molecular complexity index is 1010. The quantitative estimate of drug-likeness (QED) is 0.289. The minimum Gasteiger partial charge on any atom is -0.462 e. The second-order valence-corrected chi connectivity index (χ2v) is 9.54. The van der Waals surface area contributed by atoms with Gasteiger partial charge in [-0.05, 0) is 45.3 Å². The van der Waals surface area contributed by atoms with Crippen molar-refractivity contribution < 1.29 is 38.8 Å². The Morgan fingerprint density at radius 2 is 1.86 bits per heavy atom. The molecule has 12 nitrogen and oxygen atoms in total. The number of hydrogen-bond donors (Lipinski definition) is 1. The molecule has 0 saturated heterocycles. The summed E-state index contributed by atoms with van der Waals surface area (Å²) < 4.78 is 16.5. The highest BCUT2D eigenvalue weighted by Crippen LogP contribution is 2.35. The molecule has 0 radical (unpaired) electrons. The third kappa shape index (κ3) is 7.38. The maximum Gasteiger partial charge on any atom is 0.311 e. The molecule has 0 spiro atoms. The summed E-state index contributed by atoms with van der Waals surface area (Å²) in [4.78, 5) is 46.1. The number of benzene rings is 1. The van der Waals surface area contributed by atoms with Crippen molar-refractivity contribution in [3.05, 3.63) is 55.6 Å². The molecule has 192 valence electrons. The van der Waals surface area contributed by atoms with Crippen molar-refractivity contribution in [3.8, 4) is 0 Å². The maximum absolute atomic E-state index is 13.1. The van der Waals surface area contributed by atoms with Gasteiger partial charge in [0.1, 0.15) is 12.7 Å². The highest BCUT2D eigenvalue weighted by Gasteiger charge is 2.39. The Morgan fingerprint density at radius 1 is 1.20 bits per heavy atom. The molecule has 1 N–H and O–H groups in total. The van der Waals surface area contributed by atoms with Crippen LogP contribution in [0.25, 0.3) is 0 Å². The zero-order valence-electron chi connectivity index (χ0n) is 20.3. The van der Waals surface area contributed by atoms with Gasteiger partial charge in [0.25, 0.3) is 11.4 Å². The van der Waals surface area contributed by atoms with E-state index in [-0.39, 0.29) is 17.7 Å². The molecular weight excluding hydrogens is 464 g/mol. The van der Waals surface area contributed by atoms with Crippen molar-refractivity contribution >= 4 is 23.1 Å². The molecule has 0 saturated carbocycles. The molecule has 1 aromatic carbocycles. The number of non-ortho nitro benzene ring substituents is 1. The Kier molecular flexibility index (Phi) is 9.18. The molecule has 1 aliphatic rings. The number of hydrogen-bond acceptors (Lipinski definition) is 10. The first-order valence-corrected chi connectivity index (χ1v) is 11.0. The van der Waals surface area contributed by atoms with Gasteiger partial charge in [0.2, 0.25) is 0 Å². The monoisotopic (exact) mass is 494 g/mol. The summed E-state index contributed by atoms with van der Waals surface area (Å²) in [6.07, 6.45) is -2.33. The predicted octanol–water partition coefficient (Wildman–Crippen LogP) is 3.41. The average molecular weight is 494 g/mol. The van der Waals surface area contributed by atoms with E-state index in [0.717, 1.165) is 12.1 Å². The van der Waals surface area contributed by atoms with Gasteiger partial charge in [-0.1, -0.05) is 13.8 Å². The van der Waals surface area contributed by atoms with Gasteiger partial charge in [0.05, 0.1) is 33.5 Å². The lowest BCUT2D eigenvalue weighted by atomic mass is 9.92. The number of carbonyl (C=O) groups excluding carboxylic acids is 2. The number of rotatable bonds is 10. The Morgan fingerprint density at radius 3 is 2.40 bits per heavy atom. The fourth-order valence-electron chi connectivity index (χ4n) is 3.10. The van der Waals surface area contributed by atoms with E-state index in [1.807, 2.05) is 13.8 Å². The number of esters is 1. The van der Waals surface area contributed by atoms with Crippen LogP contribution in [-0.2, 0) is 23.8 Å². The summed E-state index contributed by atoms with van der Waals surface area (Å²) in [5.41, 5.74) is -2.67. The fourth-order valence-corrected chi connectivity index (χ4v) is 3.10. The lowest BCUT2D eigenvalue weighted by molar-refractivity contribution is -0.394. The molecule has 3 atom stereocenters. The first-order chi connectivity index (χ1) is 16.2. The van der Waals surface area contributed by atoms with Crippen molar-refractivity contribution in [2.24, 2.45) is 11.3 Å². The minimum absolute atomic E-state index is 0.264. The largest absolute Gasteiger partial charge is 0.462 e. The predicted molar refractivity (Wildman–Crippen MR) is 122 cm³/mol. The molecule has 35 heavy (non-hydrogen) atoms. The van der Waals surface area contributed by atoms with Crippen LogP contribution in [0.3, 0.4) is 0 Å². The van der Waals surface area contributed by atoms with E-state index < -0.39 is 63.5 Å². The van der Waals surface area contributed by atoms with E-state index in [1.54, 1.807) is 20.8 Å².